The second kappa shape index (κ2) is 11.0. The number of nitrogens with zero attached hydrogens (tertiary/aromatic N) is 2. The summed E-state index contributed by atoms with van der Waals surface area (Å²) < 4.78 is 8.58. The molecule has 0 aromatic heterocycles. The number of halogens is 3. The molecule has 1 N–H and O–H groups in total. The fourth-order valence-corrected chi connectivity index (χ4v) is 4.88. The van der Waals surface area contributed by atoms with E-state index in [4.69, 9.17) is 4.74 Å². The van der Waals surface area contributed by atoms with Gasteiger partial charge in [-0.1, -0.05) is 15.9 Å². The van der Waals surface area contributed by atoms with E-state index < -0.39 is 4.92 Å². The van der Waals surface area contributed by atoms with Gasteiger partial charge in [0.15, 0.2) is 0 Å². The molecule has 0 fully saturated rings. The van der Waals surface area contributed by atoms with Crippen molar-refractivity contribution in [2.24, 2.45) is 5.10 Å². The highest BCUT2D eigenvalue weighted by Gasteiger charge is 2.10. The normalized spacial score (nSPS) is 10.8. The molecule has 3 rings (SSSR count). The maximum atomic E-state index is 12.1. The number of nitrogens with one attached hydrogen (secondary N) is 1. The van der Waals surface area contributed by atoms with Crippen LogP contribution in [0.1, 0.15) is 21.5 Å². The van der Waals surface area contributed by atoms with E-state index in [0.29, 0.717) is 12.2 Å². The topological polar surface area (TPSA) is 93.8 Å². The van der Waals surface area contributed by atoms with E-state index in [1.54, 1.807) is 42.6 Å². The highest BCUT2D eigenvalue weighted by Crippen LogP contribution is 2.29. The van der Waals surface area contributed by atoms with Crippen molar-refractivity contribution < 1.29 is 14.5 Å². The molecule has 1 amide bonds. The Morgan fingerprint density at radius 3 is 2.29 bits per heavy atom. The Morgan fingerprint density at radius 1 is 1.10 bits per heavy atom. The fraction of sp³-hybridized carbons (Fsp3) is 0.0476. The average Bonchev–Trinajstić information content (AvgIpc) is 2.74. The number of hydrogen-bond acceptors (Lipinski definition) is 5. The molecule has 0 radical (unpaired) electrons. The minimum absolute atomic E-state index is 0.0452. The number of ether oxygens (including phenoxy) is 1. The van der Waals surface area contributed by atoms with Crippen molar-refractivity contribution in [2.45, 2.75) is 6.61 Å². The number of hydrogen-bond donors (Lipinski definition) is 1. The van der Waals surface area contributed by atoms with E-state index in [1.165, 1.54) is 12.1 Å². The van der Waals surface area contributed by atoms with Crippen molar-refractivity contribution >= 4 is 78.9 Å². The summed E-state index contributed by atoms with van der Waals surface area (Å²) in [6, 6.07) is 17.0. The summed E-state index contributed by atoms with van der Waals surface area (Å²) in [4.78, 5) is 22.4. The van der Waals surface area contributed by atoms with E-state index in [9.17, 15) is 14.9 Å². The standard InChI is InChI=1S/C21H14BrI2N3O4/c22-16-5-3-15(4-6-16)21(28)26-25-11-14-9-18(23)20(19(24)10-14)31-12-13-1-7-17(8-2-13)27(29)30/h1-11H,12H2,(H,26,28)/b25-11-. The van der Waals surface area contributed by atoms with Gasteiger partial charge < -0.3 is 4.74 Å². The number of carbonyl (C=O) groups excluding carboxylic acids is 1. The average molecular weight is 706 g/mol. The van der Waals surface area contributed by atoms with Crippen LogP contribution < -0.4 is 10.2 Å². The molecule has 0 saturated carbocycles. The van der Waals surface area contributed by atoms with E-state index in [0.717, 1.165) is 28.5 Å². The van der Waals surface area contributed by atoms with Crippen LogP contribution in [0.5, 0.6) is 5.75 Å². The Bertz CT molecular complexity index is 1110. The first-order chi connectivity index (χ1) is 14.8. The van der Waals surface area contributed by atoms with Gasteiger partial charge in [-0.15, -0.1) is 0 Å². The summed E-state index contributed by atoms with van der Waals surface area (Å²) in [5, 5.41) is 14.8. The lowest BCUT2D eigenvalue weighted by atomic mass is 10.2. The molecule has 0 spiro atoms. The lowest BCUT2D eigenvalue weighted by molar-refractivity contribution is -0.384. The highest BCUT2D eigenvalue weighted by molar-refractivity contribution is 14.1. The summed E-state index contributed by atoms with van der Waals surface area (Å²) in [6.07, 6.45) is 1.57. The summed E-state index contributed by atoms with van der Waals surface area (Å²) >= 11 is 7.68. The molecule has 0 heterocycles. The third-order valence-electron chi connectivity index (χ3n) is 4.04. The van der Waals surface area contributed by atoms with Crippen LogP contribution in [0.4, 0.5) is 5.69 Å². The van der Waals surface area contributed by atoms with Crippen LogP contribution in [0.15, 0.2) is 70.2 Å². The number of hydrazone groups is 1. The quantitative estimate of drug-likeness (QED) is 0.143. The minimum atomic E-state index is -0.432. The monoisotopic (exact) mass is 705 g/mol. The first kappa shape index (κ1) is 23.6. The maximum Gasteiger partial charge on any atom is 0.271 e. The van der Waals surface area contributed by atoms with Gasteiger partial charge in [0.05, 0.1) is 18.3 Å². The molecule has 31 heavy (non-hydrogen) atoms. The maximum absolute atomic E-state index is 12.1. The molecular weight excluding hydrogens is 692 g/mol. The van der Waals surface area contributed by atoms with Gasteiger partial charge >= 0.3 is 0 Å². The SMILES string of the molecule is O=C(N/N=C\c1cc(I)c(OCc2ccc([N+](=O)[O-])cc2)c(I)c1)c1ccc(Br)cc1. The molecule has 0 unspecified atom stereocenters. The molecule has 0 aliphatic heterocycles. The predicted octanol–water partition coefficient (Wildman–Crippen LogP) is 5.91. The number of benzene rings is 3. The van der Waals surface area contributed by atoms with E-state index in [1.807, 2.05) is 12.1 Å². The van der Waals surface area contributed by atoms with E-state index in [2.05, 4.69) is 71.6 Å². The summed E-state index contributed by atoms with van der Waals surface area (Å²) in [5.41, 5.74) is 4.71. The molecule has 0 bridgehead atoms. The summed E-state index contributed by atoms with van der Waals surface area (Å²) in [6.45, 7) is 0.292. The van der Waals surface area contributed by atoms with Crippen LogP contribution in [0.3, 0.4) is 0 Å². The van der Waals surface area contributed by atoms with Gasteiger partial charge in [0, 0.05) is 22.2 Å². The Morgan fingerprint density at radius 2 is 1.71 bits per heavy atom. The summed E-state index contributed by atoms with van der Waals surface area (Å²) in [5.74, 6) is 0.423. The molecule has 0 aliphatic carbocycles. The van der Waals surface area contributed by atoms with Crippen LogP contribution in [0.25, 0.3) is 0 Å². The van der Waals surface area contributed by atoms with E-state index >= 15 is 0 Å². The molecule has 0 aliphatic rings. The minimum Gasteiger partial charge on any atom is -0.487 e. The Hall–Kier alpha value is -2.06. The second-order valence-electron chi connectivity index (χ2n) is 6.23. The molecule has 3 aromatic carbocycles. The van der Waals surface area contributed by atoms with Crippen LogP contribution >= 0.6 is 61.1 Å². The van der Waals surface area contributed by atoms with Gasteiger partial charge in [-0.05, 0) is 105 Å². The number of nitro benzene ring substituents is 1. The molecule has 7 nitrogen and oxygen atoms in total. The van der Waals surface area contributed by atoms with Crippen molar-refractivity contribution in [1.29, 1.82) is 0 Å². The Balaban J connectivity index is 1.62. The zero-order chi connectivity index (χ0) is 22.4. The molecule has 0 saturated heterocycles. The van der Waals surface area contributed by atoms with Gasteiger partial charge in [-0.25, -0.2) is 5.43 Å². The highest BCUT2D eigenvalue weighted by atomic mass is 127. The van der Waals surface area contributed by atoms with Crippen molar-refractivity contribution in [2.75, 3.05) is 0 Å². The number of amides is 1. The van der Waals surface area contributed by atoms with Crippen LogP contribution in [-0.2, 0) is 6.61 Å². The van der Waals surface area contributed by atoms with Gasteiger partial charge in [-0.3, -0.25) is 14.9 Å². The Labute approximate surface area is 213 Å². The van der Waals surface area contributed by atoms with Gasteiger partial charge in [-0.2, -0.15) is 5.10 Å². The van der Waals surface area contributed by atoms with Gasteiger partial charge in [0.2, 0.25) is 0 Å². The number of nitro groups is 1. The fourth-order valence-electron chi connectivity index (χ4n) is 2.49. The van der Waals surface area contributed by atoms with Crippen molar-refractivity contribution in [3.63, 3.8) is 0 Å². The predicted molar refractivity (Wildman–Crippen MR) is 139 cm³/mol. The van der Waals surface area contributed by atoms with Crippen LogP contribution in [0.2, 0.25) is 0 Å². The molecule has 10 heteroatoms. The number of non-ortho nitro benzene ring substituents is 1. The third kappa shape index (κ3) is 6.71. The second-order valence-corrected chi connectivity index (χ2v) is 9.47. The first-order valence-corrected chi connectivity index (χ1v) is 11.7. The largest absolute Gasteiger partial charge is 0.487 e. The van der Waals surface area contributed by atoms with Crippen molar-refractivity contribution in [3.8, 4) is 5.75 Å². The lowest BCUT2D eigenvalue weighted by Crippen LogP contribution is -2.17. The molecule has 158 valence electrons. The van der Waals surface area contributed by atoms with E-state index in [-0.39, 0.29) is 11.6 Å². The van der Waals surface area contributed by atoms with Crippen molar-refractivity contribution in [3.05, 3.63) is 99.1 Å². The zero-order valence-electron chi connectivity index (χ0n) is 15.7. The van der Waals surface area contributed by atoms with Crippen LogP contribution in [-0.4, -0.2) is 17.0 Å². The Kier molecular flexibility index (Phi) is 8.37. The third-order valence-corrected chi connectivity index (χ3v) is 6.17. The lowest BCUT2D eigenvalue weighted by Gasteiger charge is -2.11. The van der Waals surface area contributed by atoms with Gasteiger partial charge in [0.25, 0.3) is 11.6 Å². The summed E-state index contributed by atoms with van der Waals surface area (Å²) in [7, 11) is 0. The van der Waals surface area contributed by atoms with Crippen molar-refractivity contribution in [1.82, 2.24) is 5.43 Å². The molecule has 3 aromatic rings. The smallest absolute Gasteiger partial charge is 0.271 e. The number of carbonyl (C=O) groups is 1. The zero-order valence-corrected chi connectivity index (χ0v) is 21.6. The molecular formula is C21H14BrI2N3O4. The number of rotatable bonds is 7. The molecule has 0 atom stereocenters. The first-order valence-electron chi connectivity index (χ1n) is 8.77. The van der Waals surface area contributed by atoms with Crippen LogP contribution in [0, 0.1) is 17.3 Å². The van der Waals surface area contributed by atoms with Gasteiger partial charge in [0.1, 0.15) is 12.4 Å².